The second-order valence-electron chi connectivity index (χ2n) is 4.09. The monoisotopic (exact) mass is 312 g/mol. The lowest BCUT2D eigenvalue weighted by atomic mass is 10.2. The van der Waals surface area contributed by atoms with Gasteiger partial charge in [-0.1, -0.05) is 12.1 Å². The smallest absolute Gasteiger partial charge is 0.406 e. The maximum absolute atomic E-state index is 12.0. The molecule has 2 N–H and O–H groups in total. The molecule has 0 aliphatic carbocycles. The van der Waals surface area contributed by atoms with Gasteiger partial charge in [-0.3, -0.25) is 5.32 Å². The van der Waals surface area contributed by atoms with Gasteiger partial charge in [0.05, 0.1) is 0 Å². The number of amides is 2. The van der Waals surface area contributed by atoms with E-state index in [0.717, 1.165) is 0 Å². The van der Waals surface area contributed by atoms with Crippen LogP contribution in [0.1, 0.15) is 5.56 Å². The molecule has 6 nitrogen and oxygen atoms in total. The first kappa shape index (κ1) is 15.5. The normalized spacial score (nSPS) is 10.9. The Balaban J connectivity index is 1.83. The molecular formula is C13H11F3N4O2. The summed E-state index contributed by atoms with van der Waals surface area (Å²) < 4.78 is 39.8. The van der Waals surface area contributed by atoms with Crippen molar-refractivity contribution < 1.29 is 22.7 Å². The quantitative estimate of drug-likeness (QED) is 0.910. The van der Waals surface area contributed by atoms with Crippen LogP contribution in [0.25, 0.3) is 0 Å². The lowest BCUT2D eigenvalue weighted by Gasteiger charge is -2.10. The van der Waals surface area contributed by atoms with E-state index in [1.165, 1.54) is 42.9 Å². The van der Waals surface area contributed by atoms with Gasteiger partial charge in [-0.2, -0.15) is 0 Å². The average Bonchev–Trinajstić information content (AvgIpc) is 2.46. The van der Waals surface area contributed by atoms with Crippen LogP contribution in [-0.4, -0.2) is 22.4 Å². The van der Waals surface area contributed by atoms with Crippen LogP contribution in [0.5, 0.6) is 5.75 Å². The number of rotatable bonds is 4. The zero-order valence-corrected chi connectivity index (χ0v) is 11.1. The molecule has 0 aliphatic rings. The van der Waals surface area contributed by atoms with Crippen molar-refractivity contribution in [3.05, 3.63) is 48.4 Å². The highest BCUT2D eigenvalue weighted by molar-refractivity contribution is 5.87. The lowest BCUT2D eigenvalue weighted by Crippen LogP contribution is -2.28. The van der Waals surface area contributed by atoms with Crippen LogP contribution < -0.4 is 15.4 Å². The second-order valence-corrected chi connectivity index (χ2v) is 4.09. The molecule has 2 amide bonds. The number of alkyl halides is 3. The number of ether oxygens (including phenoxy) is 1. The van der Waals surface area contributed by atoms with Gasteiger partial charge in [0.15, 0.2) is 0 Å². The third-order valence-corrected chi connectivity index (χ3v) is 2.43. The fraction of sp³-hybridized carbons (Fsp3) is 0.154. The molecule has 0 saturated heterocycles. The van der Waals surface area contributed by atoms with Crippen molar-refractivity contribution in [3.8, 4) is 5.75 Å². The van der Waals surface area contributed by atoms with Crippen LogP contribution in [0.2, 0.25) is 0 Å². The van der Waals surface area contributed by atoms with Crippen molar-refractivity contribution >= 4 is 11.8 Å². The fourth-order valence-corrected chi connectivity index (χ4v) is 1.52. The van der Waals surface area contributed by atoms with Crippen LogP contribution in [0, 0.1) is 0 Å². The van der Waals surface area contributed by atoms with Gasteiger partial charge >= 0.3 is 12.4 Å². The number of carbonyl (C=O) groups excluding carboxylic acids is 1. The summed E-state index contributed by atoms with van der Waals surface area (Å²) in [5.41, 5.74) is 0.618. The molecule has 0 bridgehead atoms. The Morgan fingerprint density at radius 2 is 1.91 bits per heavy atom. The second kappa shape index (κ2) is 6.74. The summed E-state index contributed by atoms with van der Waals surface area (Å²) in [6, 6.07) is 6.22. The van der Waals surface area contributed by atoms with Gasteiger partial charge in [-0.05, 0) is 23.8 Å². The highest BCUT2D eigenvalue weighted by atomic mass is 19.4. The first-order valence-electron chi connectivity index (χ1n) is 6.08. The van der Waals surface area contributed by atoms with Crippen molar-refractivity contribution in [2.24, 2.45) is 0 Å². The third-order valence-electron chi connectivity index (χ3n) is 2.43. The Morgan fingerprint density at radius 3 is 2.50 bits per heavy atom. The number of aromatic nitrogens is 2. The minimum atomic E-state index is -4.73. The Bertz CT molecular complexity index is 617. The molecule has 1 heterocycles. The molecule has 2 aromatic rings. The van der Waals surface area contributed by atoms with E-state index in [0.29, 0.717) is 11.4 Å². The molecule has 22 heavy (non-hydrogen) atoms. The number of hydrogen-bond donors (Lipinski definition) is 2. The van der Waals surface area contributed by atoms with Crippen molar-refractivity contribution in [2.75, 3.05) is 5.32 Å². The Morgan fingerprint density at radius 1 is 1.18 bits per heavy atom. The van der Waals surface area contributed by atoms with Crippen LogP contribution in [0.15, 0.2) is 42.9 Å². The molecule has 1 aromatic carbocycles. The van der Waals surface area contributed by atoms with Crippen LogP contribution in [0.3, 0.4) is 0 Å². The largest absolute Gasteiger partial charge is 0.573 e. The Kier molecular flexibility index (Phi) is 4.77. The molecule has 9 heteroatoms. The van der Waals surface area contributed by atoms with E-state index in [9.17, 15) is 18.0 Å². The van der Waals surface area contributed by atoms with Gasteiger partial charge in [-0.25, -0.2) is 14.8 Å². The SMILES string of the molecule is O=C(NCc1ccc(OC(F)(F)F)cc1)Nc1ccncn1. The van der Waals surface area contributed by atoms with E-state index in [1.54, 1.807) is 0 Å². The molecule has 0 aliphatic heterocycles. The van der Waals surface area contributed by atoms with Crippen molar-refractivity contribution in [1.29, 1.82) is 0 Å². The summed E-state index contributed by atoms with van der Waals surface area (Å²) in [5, 5.41) is 5.02. The molecule has 2 rings (SSSR count). The zero-order chi connectivity index (χ0) is 16.0. The predicted octanol–water partition coefficient (Wildman–Crippen LogP) is 2.70. The summed E-state index contributed by atoms with van der Waals surface area (Å²) in [4.78, 5) is 19.1. The molecule has 0 saturated carbocycles. The number of nitrogens with one attached hydrogen (secondary N) is 2. The van der Waals surface area contributed by atoms with Gasteiger partial charge in [0.2, 0.25) is 0 Å². The summed E-state index contributed by atoms with van der Waals surface area (Å²) in [6.45, 7) is 0.142. The minimum absolute atomic E-state index is 0.142. The molecule has 1 aromatic heterocycles. The highest BCUT2D eigenvalue weighted by Crippen LogP contribution is 2.22. The van der Waals surface area contributed by atoms with Crippen molar-refractivity contribution in [3.63, 3.8) is 0 Å². The Labute approximate surface area is 123 Å². The van der Waals surface area contributed by atoms with E-state index in [4.69, 9.17) is 0 Å². The fourth-order valence-electron chi connectivity index (χ4n) is 1.52. The predicted molar refractivity (Wildman–Crippen MR) is 71.0 cm³/mol. The number of nitrogens with zero attached hydrogens (tertiary/aromatic N) is 2. The van der Waals surface area contributed by atoms with Crippen LogP contribution in [0.4, 0.5) is 23.8 Å². The summed E-state index contributed by atoms with van der Waals surface area (Å²) >= 11 is 0. The van der Waals surface area contributed by atoms with Crippen LogP contribution in [-0.2, 0) is 6.54 Å². The number of benzene rings is 1. The van der Waals surface area contributed by atoms with Crippen LogP contribution >= 0.6 is 0 Å². The van der Waals surface area contributed by atoms with Gasteiger partial charge < -0.3 is 10.1 Å². The van der Waals surface area contributed by atoms with Crippen molar-refractivity contribution in [2.45, 2.75) is 12.9 Å². The molecule has 0 unspecified atom stereocenters. The third kappa shape index (κ3) is 5.27. The molecule has 116 valence electrons. The maximum atomic E-state index is 12.0. The zero-order valence-electron chi connectivity index (χ0n) is 11.1. The van der Waals surface area contributed by atoms with E-state index >= 15 is 0 Å². The lowest BCUT2D eigenvalue weighted by molar-refractivity contribution is -0.274. The number of anilines is 1. The standard InChI is InChI=1S/C13H11F3N4O2/c14-13(15,16)22-10-3-1-9(2-4-10)7-18-12(21)20-11-5-6-17-8-19-11/h1-6,8H,7H2,(H2,17,18,19,20,21). The van der Waals surface area contributed by atoms with E-state index < -0.39 is 12.4 Å². The average molecular weight is 312 g/mol. The number of carbonyl (C=O) groups is 1. The summed E-state index contributed by atoms with van der Waals surface area (Å²) in [7, 11) is 0. The number of hydrogen-bond acceptors (Lipinski definition) is 4. The molecule has 0 fully saturated rings. The van der Waals surface area contributed by atoms with Gasteiger partial charge in [0.1, 0.15) is 17.9 Å². The first-order valence-corrected chi connectivity index (χ1v) is 6.08. The summed E-state index contributed by atoms with van der Waals surface area (Å²) in [5.74, 6) is 0.0168. The number of urea groups is 1. The topological polar surface area (TPSA) is 76.1 Å². The molecule has 0 spiro atoms. The Hall–Kier alpha value is -2.84. The molecule has 0 atom stereocenters. The minimum Gasteiger partial charge on any atom is -0.406 e. The van der Waals surface area contributed by atoms with E-state index in [1.807, 2.05) is 0 Å². The first-order chi connectivity index (χ1) is 10.4. The van der Waals surface area contributed by atoms with Gasteiger partial charge in [0.25, 0.3) is 0 Å². The maximum Gasteiger partial charge on any atom is 0.573 e. The number of halogens is 3. The molecular weight excluding hydrogens is 301 g/mol. The highest BCUT2D eigenvalue weighted by Gasteiger charge is 2.30. The van der Waals surface area contributed by atoms with E-state index in [-0.39, 0.29) is 12.3 Å². The van der Waals surface area contributed by atoms with E-state index in [2.05, 4.69) is 25.3 Å². The van der Waals surface area contributed by atoms with Gasteiger partial charge in [0, 0.05) is 12.7 Å². The summed E-state index contributed by atoms with van der Waals surface area (Å²) in [6.07, 6.45) is -1.96. The molecule has 0 radical (unpaired) electrons. The van der Waals surface area contributed by atoms with Gasteiger partial charge in [-0.15, -0.1) is 13.2 Å². The van der Waals surface area contributed by atoms with Crippen molar-refractivity contribution in [1.82, 2.24) is 15.3 Å².